The molecule has 2 N–H and O–H groups in total. The second-order valence-electron chi connectivity index (χ2n) is 3.78. The van der Waals surface area contributed by atoms with E-state index in [-0.39, 0.29) is 0 Å². The number of hydrogen-bond donors (Lipinski definition) is 2. The maximum atomic E-state index is 9.07. The Balaban J connectivity index is 2.06. The minimum absolute atomic E-state index is 0.335. The van der Waals surface area contributed by atoms with Crippen LogP contribution in [0, 0.1) is 5.92 Å². The fourth-order valence-electron chi connectivity index (χ4n) is 2.03. The molecule has 0 saturated heterocycles. The van der Waals surface area contributed by atoms with E-state index in [0.717, 1.165) is 19.6 Å². The van der Waals surface area contributed by atoms with Gasteiger partial charge in [-0.05, 0) is 31.7 Å². The number of rotatable bonds is 6. The van der Waals surface area contributed by atoms with Crippen LogP contribution >= 0.6 is 0 Å². The van der Waals surface area contributed by atoms with Crippen LogP contribution in [0.25, 0.3) is 0 Å². The predicted octanol–water partition coefficient (Wildman–Crippen LogP) is 0.773. The van der Waals surface area contributed by atoms with E-state index in [0.29, 0.717) is 18.6 Å². The molecule has 0 aromatic heterocycles. The van der Waals surface area contributed by atoms with E-state index in [4.69, 9.17) is 9.84 Å². The Hall–Kier alpha value is -0.120. The Morgan fingerprint density at radius 1 is 1.46 bits per heavy atom. The fraction of sp³-hybridized carbons (Fsp3) is 1.00. The maximum Gasteiger partial charge on any atom is 0.0474 e. The van der Waals surface area contributed by atoms with Crippen LogP contribution in [0.4, 0.5) is 0 Å². The van der Waals surface area contributed by atoms with Crippen LogP contribution in [0.1, 0.15) is 25.7 Å². The van der Waals surface area contributed by atoms with Crippen molar-refractivity contribution in [3.05, 3.63) is 0 Å². The first-order valence-electron chi connectivity index (χ1n) is 5.21. The Morgan fingerprint density at radius 3 is 3.00 bits per heavy atom. The Labute approximate surface area is 80.5 Å². The van der Waals surface area contributed by atoms with Gasteiger partial charge in [-0.15, -0.1) is 0 Å². The van der Waals surface area contributed by atoms with Crippen molar-refractivity contribution in [3.63, 3.8) is 0 Å². The fourth-order valence-corrected chi connectivity index (χ4v) is 2.03. The van der Waals surface area contributed by atoms with E-state index in [1.54, 1.807) is 7.11 Å². The highest BCUT2D eigenvalue weighted by Gasteiger charge is 2.25. The number of aliphatic hydroxyl groups excluding tert-OH is 1. The van der Waals surface area contributed by atoms with Gasteiger partial charge in [0.15, 0.2) is 0 Å². The van der Waals surface area contributed by atoms with Crippen LogP contribution in [-0.2, 0) is 4.74 Å². The number of methoxy groups -OCH3 is 1. The smallest absolute Gasteiger partial charge is 0.0474 e. The van der Waals surface area contributed by atoms with Gasteiger partial charge in [0.1, 0.15) is 0 Å². The summed E-state index contributed by atoms with van der Waals surface area (Å²) in [6.07, 6.45) is 4.72. The van der Waals surface area contributed by atoms with E-state index in [2.05, 4.69) is 5.32 Å². The molecule has 0 amide bonds. The van der Waals surface area contributed by atoms with Crippen molar-refractivity contribution in [2.75, 3.05) is 26.9 Å². The third-order valence-electron chi connectivity index (χ3n) is 2.83. The molecule has 0 bridgehead atoms. The van der Waals surface area contributed by atoms with Crippen molar-refractivity contribution in [2.45, 2.75) is 31.7 Å². The first kappa shape index (κ1) is 11.0. The summed E-state index contributed by atoms with van der Waals surface area (Å²) in [5, 5.41) is 12.6. The van der Waals surface area contributed by atoms with Gasteiger partial charge >= 0.3 is 0 Å². The summed E-state index contributed by atoms with van der Waals surface area (Å²) >= 11 is 0. The van der Waals surface area contributed by atoms with Crippen LogP contribution in [0.3, 0.4) is 0 Å². The molecule has 78 valence electrons. The molecule has 2 unspecified atom stereocenters. The van der Waals surface area contributed by atoms with E-state index >= 15 is 0 Å². The molecule has 1 saturated carbocycles. The molecule has 1 aliphatic carbocycles. The van der Waals surface area contributed by atoms with Gasteiger partial charge in [0.05, 0.1) is 0 Å². The van der Waals surface area contributed by atoms with E-state index in [1.807, 2.05) is 0 Å². The second-order valence-corrected chi connectivity index (χ2v) is 3.78. The van der Waals surface area contributed by atoms with Gasteiger partial charge in [-0.3, -0.25) is 0 Å². The lowest BCUT2D eigenvalue weighted by Gasteiger charge is -2.18. The summed E-state index contributed by atoms with van der Waals surface area (Å²) in [5.74, 6) is 0.488. The lowest BCUT2D eigenvalue weighted by Crippen LogP contribution is -2.34. The normalized spacial score (nSPS) is 28.2. The highest BCUT2D eigenvalue weighted by atomic mass is 16.5. The molecule has 13 heavy (non-hydrogen) atoms. The van der Waals surface area contributed by atoms with E-state index in [1.165, 1.54) is 19.3 Å². The molecule has 1 aliphatic rings. The summed E-state index contributed by atoms with van der Waals surface area (Å²) < 4.78 is 4.97. The Kier molecular flexibility index (Phi) is 5.35. The minimum atomic E-state index is 0.335. The molecule has 0 heterocycles. The SMILES string of the molecule is COCCCNC1CCCC1CO. The molecule has 0 aromatic carbocycles. The summed E-state index contributed by atoms with van der Waals surface area (Å²) in [7, 11) is 1.73. The molecule has 0 spiro atoms. The zero-order chi connectivity index (χ0) is 9.52. The molecule has 0 aromatic rings. The monoisotopic (exact) mass is 187 g/mol. The summed E-state index contributed by atoms with van der Waals surface area (Å²) in [5.41, 5.74) is 0. The van der Waals surface area contributed by atoms with E-state index in [9.17, 15) is 0 Å². The first-order chi connectivity index (χ1) is 6.38. The molecule has 0 aliphatic heterocycles. The molecule has 1 rings (SSSR count). The van der Waals surface area contributed by atoms with Gasteiger partial charge in [-0.25, -0.2) is 0 Å². The first-order valence-corrected chi connectivity index (χ1v) is 5.21. The van der Waals surface area contributed by atoms with Gasteiger partial charge in [0.2, 0.25) is 0 Å². The highest BCUT2D eigenvalue weighted by molar-refractivity contribution is 4.82. The average Bonchev–Trinajstić information content (AvgIpc) is 2.60. The summed E-state index contributed by atoms with van der Waals surface area (Å²) in [4.78, 5) is 0. The van der Waals surface area contributed by atoms with Crippen LogP contribution < -0.4 is 5.32 Å². The second kappa shape index (κ2) is 6.35. The molecule has 3 nitrogen and oxygen atoms in total. The average molecular weight is 187 g/mol. The molecule has 3 heteroatoms. The Bertz CT molecular complexity index is 130. The van der Waals surface area contributed by atoms with Gasteiger partial charge in [0, 0.05) is 26.4 Å². The molecule has 2 atom stereocenters. The predicted molar refractivity (Wildman–Crippen MR) is 52.7 cm³/mol. The number of ether oxygens (including phenoxy) is 1. The number of nitrogens with one attached hydrogen (secondary N) is 1. The lowest BCUT2D eigenvalue weighted by atomic mass is 10.1. The van der Waals surface area contributed by atoms with Crippen LogP contribution in [0.15, 0.2) is 0 Å². The van der Waals surface area contributed by atoms with Gasteiger partial charge in [0.25, 0.3) is 0 Å². The van der Waals surface area contributed by atoms with Crippen molar-refractivity contribution in [2.24, 2.45) is 5.92 Å². The van der Waals surface area contributed by atoms with Crippen molar-refractivity contribution >= 4 is 0 Å². The van der Waals surface area contributed by atoms with Crippen molar-refractivity contribution < 1.29 is 9.84 Å². The van der Waals surface area contributed by atoms with Crippen molar-refractivity contribution in [3.8, 4) is 0 Å². The van der Waals surface area contributed by atoms with Crippen LogP contribution in [0.2, 0.25) is 0 Å². The zero-order valence-electron chi connectivity index (χ0n) is 8.46. The molecule has 0 radical (unpaired) electrons. The minimum Gasteiger partial charge on any atom is -0.396 e. The van der Waals surface area contributed by atoms with Crippen molar-refractivity contribution in [1.29, 1.82) is 0 Å². The largest absolute Gasteiger partial charge is 0.396 e. The summed E-state index contributed by atoms with van der Waals surface area (Å²) in [6, 6.07) is 0.543. The molecular weight excluding hydrogens is 166 g/mol. The lowest BCUT2D eigenvalue weighted by molar-refractivity contribution is 0.184. The zero-order valence-corrected chi connectivity index (χ0v) is 8.46. The topological polar surface area (TPSA) is 41.5 Å². The van der Waals surface area contributed by atoms with Crippen LogP contribution in [-0.4, -0.2) is 38.0 Å². The van der Waals surface area contributed by atoms with E-state index < -0.39 is 0 Å². The molecule has 1 fully saturated rings. The number of hydrogen-bond acceptors (Lipinski definition) is 3. The van der Waals surface area contributed by atoms with Crippen LogP contribution in [0.5, 0.6) is 0 Å². The quantitative estimate of drug-likeness (QED) is 0.604. The van der Waals surface area contributed by atoms with Gasteiger partial charge in [-0.2, -0.15) is 0 Å². The van der Waals surface area contributed by atoms with Gasteiger partial charge in [-0.1, -0.05) is 6.42 Å². The standard InChI is InChI=1S/C10H21NO2/c1-13-7-3-6-11-10-5-2-4-9(10)8-12/h9-12H,2-8H2,1H3. The van der Waals surface area contributed by atoms with Gasteiger partial charge < -0.3 is 15.2 Å². The van der Waals surface area contributed by atoms with Crippen molar-refractivity contribution in [1.82, 2.24) is 5.32 Å². The maximum absolute atomic E-state index is 9.07. The third kappa shape index (κ3) is 3.63. The summed E-state index contributed by atoms with van der Waals surface area (Å²) in [6.45, 7) is 2.17. The molecular formula is C10H21NO2. The number of aliphatic hydroxyl groups is 1. The highest BCUT2D eigenvalue weighted by Crippen LogP contribution is 2.24. The third-order valence-corrected chi connectivity index (χ3v) is 2.83. The Morgan fingerprint density at radius 2 is 2.31 bits per heavy atom.